The van der Waals surface area contributed by atoms with Gasteiger partial charge in [0, 0.05) is 36.3 Å². The molecule has 0 saturated carbocycles. The van der Waals surface area contributed by atoms with Gasteiger partial charge in [0.1, 0.15) is 5.69 Å². The first-order valence-corrected chi connectivity index (χ1v) is 8.38. The molecule has 4 rings (SSSR count). The Morgan fingerprint density at radius 3 is 2.79 bits per heavy atom. The summed E-state index contributed by atoms with van der Waals surface area (Å²) in [7, 11) is 0. The zero-order valence-electron chi connectivity index (χ0n) is 14.4. The Morgan fingerprint density at radius 1 is 1.14 bits per heavy atom. The maximum atomic E-state index is 14.1. The predicted octanol–water partition coefficient (Wildman–Crippen LogP) is 3.94. The van der Waals surface area contributed by atoms with E-state index in [2.05, 4.69) is 20.4 Å². The van der Waals surface area contributed by atoms with Crippen LogP contribution in [0.1, 0.15) is 16.1 Å². The van der Waals surface area contributed by atoms with Crippen molar-refractivity contribution in [3.63, 3.8) is 0 Å². The van der Waals surface area contributed by atoms with Crippen molar-refractivity contribution in [1.29, 1.82) is 0 Å². The Balaban J connectivity index is 1.56. The minimum absolute atomic E-state index is 0.0288. The van der Waals surface area contributed by atoms with Crippen LogP contribution in [-0.4, -0.2) is 21.0 Å². The lowest BCUT2D eigenvalue weighted by molar-refractivity contribution is 0.0946. The number of rotatable bonds is 5. The summed E-state index contributed by atoms with van der Waals surface area (Å²) in [6, 6.07) is 9.03. The smallest absolute Gasteiger partial charge is 0.267 e. The Bertz CT molecular complexity index is 1120. The summed E-state index contributed by atoms with van der Waals surface area (Å²) in [5, 5.41) is 6.47. The second-order valence-electron chi connectivity index (χ2n) is 6.01. The zero-order valence-corrected chi connectivity index (χ0v) is 14.4. The van der Waals surface area contributed by atoms with Crippen LogP contribution in [-0.2, 0) is 6.54 Å². The maximum absolute atomic E-state index is 14.1. The first-order valence-electron chi connectivity index (χ1n) is 8.38. The minimum atomic E-state index is -0.988. The highest BCUT2D eigenvalue weighted by Gasteiger charge is 2.20. The van der Waals surface area contributed by atoms with Gasteiger partial charge < -0.3 is 14.8 Å². The van der Waals surface area contributed by atoms with E-state index in [1.165, 1.54) is 18.3 Å². The van der Waals surface area contributed by atoms with Crippen LogP contribution in [0.3, 0.4) is 0 Å². The van der Waals surface area contributed by atoms with Crippen molar-refractivity contribution in [2.45, 2.75) is 6.54 Å². The van der Waals surface area contributed by atoms with E-state index in [0.717, 1.165) is 11.6 Å². The molecule has 3 heterocycles. The Morgan fingerprint density at radius 2 is 1.96 bits per heavy atom. The average molecular weight is 380 g/mol. The molecule has 0 aliphatic heterocycles. The monoisotopic (exact) mass is 380 g/mol. The van der Waals surface area contributed by atoms with Gasteiger partial charge in [-0.2, -0.15) is 0 Å². The van der Waals surface area contributed by atoms with Gasteiger partial charge >= 0.3 is 0 Å². The van der Waals surface area contributed by atoms with Crippen LogP contribution in [0.5, 0.6) is 0 Å². The van der Waals surface area contributed by atoms with Crippen LogP contribution in [0.15, 0.2) is 65.7 Å². The molecular formula is C20H14F2N4O2. The average Bonchev–Trinajstić information content (AvgIpc) is 3.38. The normalized spacial score (nSPS) is 10.8. The van der Waals surface area contributed by atoms with Gasteiger partial charge in [0.15, 0.2) is 17.4 Å². The highest BCUT2D eigenvalue weighted by molar-refractivity contribution is 5.94. The van der Waals surface area contributed by atoms with Gasteiger partial charge in [-0.05, 0) is 29.8 Å². The number of halogens is 2. The van der Waals surface area contributed by atoms with E-state index < -0.39 is 11.6 Å². The summed E-state index contributed by atoms with van der Waals surface area (Å²) >= 11 is 0. The standard InChI is InChI=1S/C20H14F2N4O2/c21-16-3-1-2-14(18(16)22)15-11-26-28-19(15)13-8-17(24-10-13)20(27)25-9-12-4-6-23-7-5-12/h1-8,10-11,24H,9H2,(H,25,27). The van der Waals surface area contributed by atoms with Crippen molar-refractivity contribution in [1.82, 2.24) is 20.4 Å². The highest BCUT2D eigenvalue weighted by Crippen LogP contribution is 2.34. The first-order chi connectivity index (χ1) is 13.6. The minimum Gasteiger partial charge on any atom is -0.356 e. The third-order valence-electron chi connectivity index (χ3n) is 4.20. The van der Waals surface area contributed by atoms with E-state index in [9.17, 15) is 13.6 Å². The zero-order chi connectivity index (χ0) is 19.5. The van der Waals surface area contributed by atoms with Gasteiger partial charge in [0.25, 0.3) is 5.91 Å². The molecule has 0 atom stereocenters. The van der Waals surface area contributed by atoms with E-state index in [-0.39, 0.29) is 17.2 Å². The molecule has 0 spiro atoms. The lowest BCUT2D eigenvalue weighted by Crippen LogP contribution is -2.22. The number of carbonyl (C=O) groups is 1. The Labute approximate surface area is 158 Å². The SMILES string of the molecule is O=C(NCc1ccncc1)c1cc(-c2oncc2-c2cccc(F)c2F)c[nH]1. The van der Waals surface area contributed by atoms with Crippen molar-refractivity contribution in [2.75, 3.05) is 0 Å². The van der Waals surface area contributed by atoms with Crippen LogP contribution in [0.4, 0.5) is 8.78 Å². The van der Waals surface area contributed by atoms with Crippen molar-refractivity contribution < 1.29 is 18.1 Å². The fourth-order valence-corrected chi connectivity index (χ4v) is 2.79. The van der Waals surface area contributed by atoms with Gasteiger partial charge in [0.2, 0.25) is 0 Å². The van der Waals surface area contributed by atoms with Gasteiger partial charge in [-0.1, -0.05) is 17.3 Å². The summed E-state index contributed by atoms with van der Waals surface area (Å²) in [5.74, 6) is -2.04. The van der Waals surface area contributed by atoms with Gasteiger partial charge in [-0.3, -0.25) is 9.78 Å². The molecule has 0 fully saturated rings. The number of nitrogens with zero attached hydrogens (tertiary/aromatic N) is 2. The molecule has 8 heteroatoms. The number of pyridine rings is 1. The Hall–Kier alpha value is -3.81. The molecule has 2 N–H and O–H groups in total. The quantitative estimate of drug-likeness (QED) is 0.549. The molecule has 0 radical (unpaired) electrons. The van der Waals surface area contributed by atoms with Crippen molar-refractivity contribution in [3.05, 3.63) is 84.1 Å². The van der Waals surface area contributed by atoms with E-state index in [0.29, 0.717) is 23.4 Å². The highest BCUT2D eigenvalue weighted by atomic mass is 19.2. The van der Waals surface area contributed by atoms with Crippen molar-refractivity contribution in [3.8, 4) is 22.5 Å². The van der Waals surface area contributed by atoms with Crippen molar-refractivity contribution >= 4 is 5.91 Å². The van der Waals surface area contributed by atoms with Crippen LogP contribution < -0.4 is 5.32 Å². The van der Waals surface area contributed by atoms with Gasteiger partial charge in [-0.25, -0.2) is 8.78 Å². The lowest BCUT2D eigenvalue weighted by Gasteiger charge is -2.03. The van der Waals surface area contributed by atoms with Crippen molar-refractivity contribution in [2.24, 2.45) is 0 Å². The maximum Gasteiger partial charge on any atom is 0.267 e. The van der Waals surface area contributed by atoms with E-state index in [4.69, 9.17) is 4.52 Å². The van der Waals surface area contributed by atoms with Gasteiger partial charge in [0.05, 0.1) is 11.8 Å². The molecule has 4 aromatic rings. The largest absolute Gasteiger partial charge is 0.356 e. The molecular weight excluding hydrogens is 366 g/mol. The Kier molecular flexibility index (Phi) is 4.67. The van der Waals surface area contributed by atoms with E-state index >= 15 is 0 Å². The number of H-pyrrole nitrogens is 1. The van der Waals surface area contributed by atoms with Crippen LogP contribution in [0, 0.1) is 11.6 Å². The third kappa shape index (κ3) is 3.39. The number of nitrogens with one attached hydrogen (secondary N) is 2. The number of benzene rings is 1. The molecule has 1 amide bonds. The number of amides is 1. The molecule has 0 unspecified atom stereocenters. The predicted molar refractivity (Wildman–Crippen MR) is 97.0 cm³/mol. The number of aromatic nitrogens is 3. The molecule has 3 aromatic heterocycles. The molecule has 0 saturated heterocycles. The number of hydrogen-bond acceptors (Lipinski definition) is 4. The second-order valence-corrected chi connectivity index (χ2v) is 6.01. The third-order valence-corrected chi connectivity index (χ3v) is 4.20. The molecule has 0 aliphatic rings. The van der Waals surface area contributed by atoms with E-state index in [1.54, 1.807) is 36.8 Å². The molecule has 0 bridgehead atoms. The molecule has 140 valence electrons. The summed E-state index contributed by atoms with van der Waals surface area (Å²) in [5.41, 5.74) is 2.02. The molecule has 6 nitrogen and oxygen atoms in total. The molecule has 0 aliphatic carbocycles. The number of aromatic amines is 1. The summed E-state index contributed by atoms with van der Waals surface area (Å²) in [6.07, 6.45) is 6.14. The summed E-state index contributed by atoms with van der Waals surface area (Å²) in [4.78, 5) is 19.1. The van der Waals surface area contributed by atoms with E-state index in [1.807, 2.05) is 0 Å². The lowest BCUT2D eigenvalue weighted by atomic mass is 10.0. The number of hydrogen-bond donors (Lipinski definition) is 2. The van der Waals surface area contributed by atoms with Crippen LogP contribution in [0.2, 0.25) is 0 Å². The van der Waals surface area contributed by atoms with Crippen LogP contribution >= 0.6 is 0 Å². The fourth-order valence-electron chi connectivity index (χ4n) is 2.79. The van der Waals surface area contributed by atoms with Gasteiger partial charge in [-0.15, -0.1) is 0 Å². The topological polar surface area (TPSA) is 83.8 Å². The second kappa shape index (κ2) is 7.43. The number of carbonyl (C=O) groups excluding carboxylic acids is 1. The molecule has 28 heavy (non-hydrogen) atoms. The molecule has 1 aromatic carbocycles. The fraction of sp³-hybridized carbons (Fsp3) is 0.0500. The first kappa shape index (κ1) is 17.6. The summed E-state index contributed by atoms with van der Waals surface area (Å²) in [6.45, 7) is 0.345. The summed E-state index contributed by atoms with van der Waals surface area (Å²) < 4.78 is 32.9. The van der Waals surface area contributed by atoms with Crippen LogP contribution in [0.25, 0.3) is 22.5 Å².